The van der Waals surface area contributed by atoms with Crippen molar-refractivity contribution in [2.45, 2.75) is 51.1 Å². The maximum atomic E-state index is 14.3. The maximum absolute atomic E-state index is 14.3. The first kappa shape index (κ1) is 19.1. The number of nitrogens with one attached hydrogen (secondary N) is 1. The molecule has 4 rings (SSSR count). The first-order chi connectivity index (χ1) is 13.7. The average Bonchev–Trinajstić information content (AvgIpc) is 3.22. The van der Waals surface area contributed by atoms with E-state index in [2.05, 4.69) is 16.3 Å². The molecule has 148 valence electrons. The van der Waals surface area contributed by atoms with E-state index in [1.54, 1.807) is 6.07 Å². The Labute approximate surface area is 166 Å². The van der Waals surface area contributed by atoms with Crippen molar-refractivity contribution in [3.05, 3.63) is 59.9 Å². The molecule has 1 heterocycles. The molecular formula is C24H29FN2O. The first-order valence-electron chi connectivity index (χ1n) is 10.6. The van der Waals surface area contributed by atoms with Gasteiger partial charge in [0.05, 0.1) is 0 Å². The summed E-state index contributed by atoms with van der Waals surface area (Å²) < 4.78 is 14.3. The number of rotatable bonds is 5. The van der Waals surface area contributed by atoms with Gasteiger partial charge < -0.3 is 5.32 Å². The Morgan fingerprint density at radius 1 is 0.929 bits per heavy atom. The summed E-state index contributed by atoms with van der Waals surface area (Å²) in [4.78, 5) is 14.9. The second kappa shape index (κ2) is 8.87. The van der Waals surface area contributed by atoms with Crippen LogP contribution in [-0.4, -0.2) is 29.9 Å². The molecule has 1 saturated heterocycles. The molecule has 3 nitrogen and oxygen atoms in total. The minimum Gasteiger partial charge on any atom is -0.353 e. The second-order valence-electron chi connectivity index (χ2n) is 8.18. The number of piperidine rings is 1. The molecule has 1 N–H and O–H groups in total. The minimum atomic E-state index is -0.183. The van der Waals surface area contributed by atoms with Crippen LogP contribution in [0.2, 0.25) is 0 Å². The lowest BCUT2D eigenvalue weighted by atomic mass is 9.94. The van der Waals surface area contributed by atoms with Gasteiger partial charge in [0.2, 0.25) is 5.91 Å². The van der Waals surface area contributed by atoms with Gasteiger partial charge in [-0.25, -0.2) is 4.39 Å². The Bertz CT molecular complexity index is 808. The number of carbonyl (C=O) groups excluding carboxylic acids is 1. The number of likely N-dealkylation sites (tertiary alicyclic amines) is 1. The standard InChI is InChI=1S/C24H29FN2O/c25-23-12-6-5-11-22(23)21-10-4-1-7-19(21)17-27-15-13-18(14-16-27)24(28)26-20-8-2-3-9-20/h1,4-7,10-12,18,20H,2-3,8-9,13-17H2,(H,26,28). The lowest BCUT2D eigenvalue weighted by Gasteiger charge is -2.32. The maximum Gasteiger partial charge on any atom is 0.223 e. The zero-order valence-corrected chi connectivity index (χ0v) is 16.4. The highest BCUT2D eigenvalue weighted by Gasteiger charge is 2.27. The molecule has 28 heavy (non-hydrogen) atoms. The van der Waals surface area contributed by atoms with Gasteiger partial charge in [0.15, 0.2) is 0 Å². The molecule has 2 fully saturated rings. The summed E-state index contributed by atoms with van der Waals surface area (Å²) in [5.74, 6) is 0.203. The predicted octanol–water partition coefficient (Wildman–Crippen LogP) is 4.76. The van der Waals surface area contributed by atoms with Crippen molar-refractivity contribution >= 4 is 5.91 Å². The Kier molecular flexibility index (Phi) is 6.06. The monoisotopic (exact) mass is 380 g/mol. The van der Waals surface area contributed by atoms with Crippen LogP contribution in [0.1, 0.15) is 44.1 Å². The highest BCUT2D eigenvalue weighted by molar-refractivity contribution is 5.79. The van der Waals surface area contributed by atoms with Gasteiger partial charge in [0.25, 0.3) is 0 Å². The van der Waals surface area contributed by atoms with Crippen LogP contribution in [0.3, 0.4) is 0 Å². The van der Waals surface area contributed by atoms with E-state index >= 15 is 0 Å². The van der Waals surface area contributed by atoms with Crippen molar-refractivity contribution < 1.29 is 9.18 Å². The van der Waals surface area contributed by atoms with Crippen molar-refractivity contribution in [1.82, 2.24) is 10.2 Å². The van der Waals surface area contributed by atoms with Crippen molar-refractivity contribution in [1.29, 1.82) is 0 Å². The van der Waals surface area contributed by atoms with Crippen molar-refractivity contribution in [3.8, 4) is 11.1 Å². The molecule has 0 atom stereocenters. The zero-order chi connectivity index (χ0) is 19.3. The van der Waals surface area contributed by atoms with Crippen LogP contribution in [-0.2, 0) is 11.3 Å². The van der Waals surface area contributed by atoms with E-state index in [1.807, 2.05) is 30.3 Å². The van der Waals surface area contributed by atoms with Gasteiger partial charge in [0, 0.05) is 24.1 Å². The van der Waals surface area contributed by atoms with Gasteiger partial charge in [-0.15, -0.1) is 0 Å². The van der Waals surface area contributed by atoms with Gasteiger partial charge in [-0.2, -0.15) is 0 Å². The SMILES string of the molecule is O=C(NC1CCCC1)C1CCN(Cc2ccccc2-c2ccccc2F)CC1. The third-order valence-electron chi connectivity index (χ3n) is 6.24. The van der Waals surface area contributed by atoms with E-state index in [9.17, 15) is 9.18 Å². The van der Waals surface area contributed by atoms with Crippen LogP contribution in [0.25, 0.3) is 11.1 Å². The van der Waals surface area contributed by atoms with E-state index in [0.717, 1.165) is 56.4 Å². The molecule has 2 aromatic carbocycles. The van der Waals surface area contributed by atoms with E-state index in [0.29, 0.717) is 11.6 Å². The molecule has 0 aromatic heterocycles. The van der Waals surface area contributed by atoms with Crippen molar-refractivity contribution in [2.24, 2.45) is 5.92 Å². The summed E-state index contributed by atoms with van der Waals surface area (Å²) in [6.45, 7) is 2.62. The van der Waals surface area contributed by atoms with E-state index < -0.39 is 0 Å². The Morgan fingerprint density at radius 2 is 1.57 bits per heavy atom. The van der Waals surface area contributed by atoms with E-state index in [4.69, 9.17) is 0 Å². The lowest BCUT2D eigenvalue weighted by molar-refractivity contribution is -0.127. The topological polar surface area (TPSA) is 32.3 Å². The molecule has 1 saturated carbocycles. The number of carbonyl (C=O) groups is 1. The van der Waals surface area contributed by atoms with Crippen molar-refractivity contribution in [2.75, 3.05) is 13.1 Å². The van der Waals surface area contributed by atoms with Crippen LogP contribution in [0.5, 0.6) is 0 Å². The fourth-order valence-electron chi connectivity index (χ4n) is 4.58. The molecule has 1 amide bonds. The highest BCUT2D eigenvalue weighted by atomic mass is 19.1. The van der Waals surface area contributed by atoms with E-state index in [1.165, 1.54) is 18.9 Å². The van der Waals surface area contributed by atoms with Gasteiger partial charge >= 0.3 is 0 Å². The van der Waals surface area contributed by atoms with Gasteiger partial charge in [-0.1, -0.05) is 55.3 Å². The largest absolute Gasteiger partial charge is 0.353 e. The molecule has 4 heteroatoms. The number of amides is 1. The third-order valence-corrected chi connectivity index (χ3v) is 6.24. The van der Waals surface area contributed by atoms with Gasteiger partial charge in [-0.3, -0.25) is 9.69 Å². The van der Waals surface area contributed by atoms with Gasteiger partial charge in [-0.05, 0) is 56.0 Å². The fourth-order valence-corrected chi connectivity index (χ4v) is 4.58. The average molecular weight is 381 g/mol. The Hall–Kier alpha value is -2.20. The smallest absolute Gasteiger partial charge is 0.223 e. The fraction of sp³-hybridized carbons (Fsp3) is 0.458. The normalized spacial score (nSPS) is 19.0. The molecule has 0 unspecified atom stereocenters. The molecule has 0 radical (unpaired) electrons. The Balaban J connectivity index is 1.36. The van der Waals surface area contributed by atoms with Crippen LogP contribution < -0.4 is 5.32 Å². The molecular weight excluding hydrogens is 351 g/mol. The zero-order valence-electron chi connectivity index (χ0n) is 16.4. The second-order valence-corrected chi connectivity index (χ2v) is 8.18. The van der Waals surface area contributed by atoms with E-state index in [-0.39, 0.29) is 17.6 Å². The number of benzene rings is 2. The Morgan fingerprint density at radius 3 is 2.29 bits per heavy atom. The van der Waals surface area contributed by atoms with Crippen molar-refractivity contribution in [3.63, 3.8) is 0 Å². The van der Waals surface area contributed by atoms with Crippen LogP contribution in [0.15, 0.2) is 48.5 Å². The number of hydrogen-bond donors (Lipinski definition) is 1. The molecule has 1 aliphatic heterocycles. The summed E-state index contributed by atoms with van der Waals surface area (Å²) in [6, 6.07) is 15.4. The molecule has 0 spiro atoms. The molecule has 0 bridgehead atoms. The lowest BCUT2D eigenvalue weighted by Crippen LogP contribution is -2.43. The summed E-state index contributed by atoms with van der Waals surface area (Å²) in [7, 11) is 0. The summed E-state index contributed by atoms with van der Waals surface area (Å²) in [6.07, 6.45) is 6.56. The highest BCUT2D eigenvalue weighted by Crippen LogP contribution is 2.28. The summed E-state index contributed by atoms with van der Waals surface area (Å²) in [5.41, 5.74) is 2.76. The number of hydrogen-bond acceptors (Lipinski definition) is 2. The molecule has 2 aliphatic rings. The quantitative estimate of drug-likeness (QED) is 0.811. The van der Waals surface area contributed by atoms with Crippen LogP contribution >= 0.6 is 0 Å². The molecule has 2 aromatic rings. The number of nitrogens with zero attached hydrogens (tertiary/aromatic N) is 1. The third kappa shape index (κ3) is 4.44. The predicted molar refractivity (Wildman–Crippen MR) is 110 cm³/mol. The number of halogens is 1. The summed E-state index contributed by atoms with van der Waals surface area (Å²) >= 11 is 0. The molecule has 1 aliphatic carbocycles. The van der Waals surface area contributed by atoms with Crippen LogP contribution in [0.4, 0.5) is 4.39 Å². The van der Waals surface area contributed by atoms with Gasteiger partial charge in [0.1, 0.15) is 5.82 Å². The van der Waals surface area contributed by atoms with Crippen LogP contribution in [0, 0.1) is 11.7 Å². The summed E-state index contributed by atoms with van der Waals surface area (Å²) in [5, 5.41) is 3.25. The first-order valence-corrected chi connectivity index (χ1v) is 10.6. The minimum absolute atomic E-state index is 0.138.